The van der Waals surface area contributed by atoms with Gasteiger partial charge in [0.2, 0.25) is 0 Å². The Morgan fingerprint density at radius 1 is 1.16 bits per heavy atom. The molecule has 0 amide bonds. The van der Waals surface area contributed by atoms with Crippen LogP contribution in [0.4, 0.5) is 0 Å². The minimum absolute atomic E-state index is 0. The first-order valence-electron chi connectivity index (χ1n) is 10.4. The zero-order chi connectivity index (χ0) is 20.8. The second-order valence-corrected chi connectivity index (χ2v) is 7.37. The molecule has 162 valence electrons. The van der Waals surface area contributed by atoms with Crippen molar-refractivity contribution < 1.29 is 0 Å². The molecule has 7 heteroatoms. The number of hydrogen-bond donors (Lipinski definition) is 3. The topological polar surface area (TPSA) is 70.0 Å². The van der Waals surface area contributed by atoms with E-state index in [4.69, 9.17) is 0 Å². The van der Waals surface area contributed by atoms with Crippen LogP contribution in [0.1, 0.15) is 30.5 Å². The molecule has 0 saturated heterocycles. The number of para-hydroxylation sites is 1. The summed E-state index contributed by atoms with van der Waals surface area (Å²) < 4.78 is 1.87. The number of hydrogen-bond acceptors (Lipinski definition) is 2. The SMILES string of the molecule is CN=C(NCCCc1c[nH]c2ccccc12)NC(C)c1cccc(-n2cccn2)c1.I. The first kappa shape index (κ1) is 22.9. The molecule has 0 bridgehead atoms. The van der Waals surface area contributed by atoms with Crippen molar-refractivity contribution >= 4 is 40.8 Å². The Kier molecular flexibility index (Phi) is 8.11. The normalized spacial score (nSPS) is 12.4. The van der Waals surface area contributed by atoms with Crippen molar-refractivity contribution in [3.63, 3.8) is 0 Å². The van der Waals surface area contributed by atoms with Crippen molar-refractivity contribution in [3.8, 4) is 5.69 Å². The molecular formula is C24H29IN6. The average molecular weight is 528 g/mol. The van der Waals surface area contributed by atoms with E-state index in [2.05, 4.69) is 87.4 Å². The Labute approximate surface area is 200 Å². The summed E-state index contributed by atoms with van der Waals surface area (Å²) in [5.74, 6) is 0.811. The minimum atomic E-state index is 0. The molecule has 0 aliphatic carbocycles. The van der Waals surface area contributed by atoms with Crippen molar-refractivity contribution in [2.24, 2.45) is 4.99 Å². The van der Waals surface area contributed by atoms with Gasteiger partial charge in [-0.1, -0.05) is 30.3 Å². The zero-order valence-corrected chi connectivity index (χ0v) is 20.2. The number of H-pyrrole nitrogens is 1. The predicted octanol–water partition coefficient (Wildman–Crippen LogP) is 4.83. The number of aromatic amines is 1. The molecule has 0 aliphatic heterocycles. The van der Waals surface area contributed by atoms with E-state index in [9.17, 15) is 0 Å². The number of aryl methyl sites for hydroxylation is 1. The van der Waals surface area contributed by atoms with E-state index in [0.717, 1.165) is 31.0 Å². The van der Waals surface area contributed by atoms with Crippen LogP contribution >= 0.6 is 24.0 Å². The van der Waals surface area contributed by atoms with Gasteiger partial charge in [0, 0.05) is 43.1 Å². The number of guanidine groups is 1. The first-order valence-corrected chi connectivity index (χ1v) is 10.4. The number of fused-ring (bicyclic) bond motifs is 1. The van der Waals surface area contributed by atoms with Crippen LogP contribution in [0.3, 0.4) is 0 Å². The second-order valence-electron chi connectivity index (χ2n) is 7.37. The molecule has 4 aromatic rings. The van der Waals surface area contributed by atoms with Gasteiger partial charge in [0.1, 0.15) is 0 Å². The Balaban J connectivity index is 0.00000272. The number of aliphatic imine (C=N–C) groups is 1. The van der Waals surface area contributed by atoms with Gasteiger partial charge in [-0.25, -0.2) is 4.68 Å². The molecule has 0 aliphatic rings. The van der Waals surface area contributed by atoms with E-state index in [-0.39, 0.29) is 30.0 Å². The third-order valence-corrected chi connectivity index (χ3v) is 5.31. The molecular weight excluding hydrogens is 499 g/mol. The molecule has 2 heterocycles. The lowest BCUT2D eigenvalue weighted by Gasteiger charge is -2.19. The van der Waals surface area contributed by atoms with Gasteiger partial charge < -0.3 is 15.6 Å². The molecule has 0 radical (unpaired) electrons. The van der Waals surface area contributed by atoms with Gasteiger partial charge in [-0.2, -0.15) is 5.10 Å². The summed E-state index contributed by atoms with van der Waals surface area (Å²) in [6, 6.07) is 18.9. The first-order chi connectivity index (χ1) is 14.7. The number of benzene rings is 2. The smallest absolute Gasteiger partial charge is 0.191 e. The number of rotatable bonds is 7. The van der Waals surface area contributed by atoms with Crippen LogP contribution in [0.15, 0.2) is 78.2 Å². The quantitative estimate of drug-likeness (QED) is 0.139. The summed E-state index contributed by atoms with van der Waals surface area (Å²) in [6.45, 7) is 3.00. The maximum absolute atomic E-state index is 4.38. The maximum Gasteiger partial charge on any atom is 0.191 e. The van der Waals surface area contributed by atoms with Gasteiger partial charge in [0.25, 0.3) is 0 Å². The lowest BCUT2D eigenvalue weighted by Crippen LogP contribution is -2.39. The van der Waals surface area contributed by atoms with Crippen molar-refractivity contribution in [2.45, 2.75) is 25.8 Å². The fourth-order valence-electron chi connectivity index (χ4n) is 3.67. The van der Waals surface area contributed by atoms with Crippen molar-refractivity contribution in [1.29, 1.82) is 0 Å². The molecule has 0 spiro atoms. The van der Waals surface area contributed by atoms with Gasteiger partial charge in [-0.3, -0.25) is 4.99 Å². The standard InChI is InChI=1S/C24H28N6.HI/c1-18(19-8-5-10-21(16-19)30-15-7-14-28-30)29-24(25-2)26-13-6-9-20-17-27-23-12-4-3-11-22(20)23;/h3-5,7-8,10-12,14-18,27H,6,9,13H2,1-2H3,(H2,25,26,29);1H. The monoisotopic (exact) mass is 528 g/mol. The summed E-state index contributed by atoms with van der Waals surface area (Å²) in [7, 11) is 1.81. The molecule has 3 N–H and O–H groups in total. The van der Waals surface area contributed by atoms with Gasteiger partial charge in [-0.15, -0.1) is 24.0 Å². The van der Waals surface area contributed by atoms with Gasteiger partial charge in [-0.05, 0) is 55.2 Å². The highest BCUT2D eigenvalue weighted by atomic mass is 127. The minimum Gasteiger partial charge on any atom is -0.361 e. The second kappa shape index (κ2) is 11.0. The lowest BCUT2D eigenvalue weighted by molar-refractivity contribution is 0.673. The van der Waals surface area contributed by atoms with Crippen LogP contribution in [0.5, 0.6) is 0 Å². The van der Waals surface area contributed by atoms with Crippen LogP contribution in [0, 0.1) is 0 Å². The van der Waals surface area contributed by atoms with E-state index in [1.807, 2.05) is 24.0 Å². The fourth-order valence-corrected chi connectivity index (χ4v) is 3.67. The molecule has 0 fully saturated rings. The Morgan fingerprint density at radius 3 is 2.84 bits per heavy atom. The third-order valence-electron chi connectivity index (χ3n) is 5.31. The van der Waals surface area contributed by atoms with Crippen LogP contribution in [0.25, 0.3) is 16.6 Å². The Morgan fingerprint density at radius 2 is 2.03 bits per heavy atom. The lowest BCUT2D eigenvalue weighted by atomic mass is 10.1. The zero-order valence-electron chi connectivity index (χ0n) is 17.9. The summed E-state index contributed by atoms with van der Waals surface area (Å²) in [5, 5.41) is 12.5. The Hall–Kier alpha value is -2.81. The molecule has 2 aromatic heterocycles. The number of nitrogens with one attached hydrogen (secondary N) is 3. The van der Waals surface area contributed by atoms with Gasteiger partial charge in [0.15, 0.2) is 5.96 Å². The summed E-state index contributed by atoms with van der Waals surface area (Å²) >= 11 is 0. The van der Waals surface area contributed by atoms with E-state index in [1.165, 1.54) is 22.0 Å². The molecule has 6 nitrogen and oxygen atoms in total. The largest absolute Gasteiger partial charge is 0.361 e. The number of nitrogens with zero attached hydrogens (tertiary/aromatic N) is 3. The summed E-state index contributed by atoms with van der Waals surface area (Å²) in [6.07, 6.45) is 7.91. The summed E-state index contributed by atoms with van der Waals surface area (Å²) in [4.78, 5) is 7.73. The van der Waals surface area contributed by atoms with Crippen LogP contribution in [-0.4, -0.2) is 34.3 Å². The average Bonchev–Trinajstić information content (AvgIpc) is 3.46. The molecule has 1 atom stereocenters. The number of halogens is 1. The Bertz CT molecular complexity index is 1120. The van der Waals surface area contributed by atoms with E-state index in [1.54, 1.807) is 6.20 Å². The van der Waals surface area contributed by atoms with Gasteiger partial charge in [0.05, 0.1) is 11.7 Å². The van der Waals surface area contributed by atoms with E-state index >= 15 is 0 Å². The van der Waals surface area contributed by atoms with Crippen LogP contribution in [-0.2, 0) is 6.42 Å². The maximum atomic E-state index is 4.38. The van der Waals surface area contributed by atoms with Crippen LogP contribution in [0.2, 0.25) is 0 Å². The predicted molar refractivity (Wildman–Crippen MR) is 139 cm³/mol. The van der Waals surface area contributed by atoms with E-state index < -0.39 is 0 Å². The van der Waals surface area contributed by atoms with Crippen molar-refractivity contribution in [3.05, 3.63) is 84.3 Å². The summed E-state index contributed by atoms with van der Waals surface area (Å²) in [5.41, 5.74) is 4.79. The van der Waals surface area contributed by atoms with E-state index in [0.29, 0.717) is 0 Å². The number of aromatic nitrogens is 3. The third kappa shape index (κ3) is 5.66. The molecule has 0 saturated carbocycles. The molecule has 4 rings (SSSR count). The molecule has 1 unspecified atom stereocenters. The van der Waals surface area contributed by atoms with Crippen LogP contribution < -0.4 is 10.6 Å². The highest BCUT2D eigenvalue weighted by molar-refractivity contribution is 14.0. The highest BCUT2D eigenvalue weighted by Crippen LogP contribution is 2.19. The van der Waals surface area contributed by atoms with Crippen molar-refractivity contribution in [2.75, 3.05) is 13.6 Å². The molecule has 2 aromatic carbocycles. The molecule has 31 heavy (non-hydrogen) atoms. The van der Waals surface area contributed by atoms with Gasteiger partial charge >= 0.3 is 0 Å². The van der Waals surface area contributed by atoms with Crippen molar-refractivity contribution in [1.82, 2.24) is 25.4 Å². The fraction of sp³-hybridized carbons (Fsp3) is 0.250. The highest BCUT2D eigenvalue weighted by Gasteiger charge is 2.09.